The molecule has 0 bridgehead atoms. The van der Waals surface area contributed by atoms with Crippen LogP contribution < -0.4 is 17.2 Å². The van der Waals surface area contributed by atoms with Crippen LogP contribution in [0.5, 0.6) is 0 Å². The molecule has 6 N–H and O–H groups in total. The quantitative estimate of drug-likeness (QED) is 0.254. The van der Waals surface area contributed by atoms with E-state index in [0.29, 0.717) is 5.69 Å². The fourth-order valence-corrected chi connectivity index (χ4v) is 0.744. The van der Waals surface area contributed by atoms with E-state index in [1.807, 2.05) is 12.1 Å². The largest absolute Gasteiger partial charge is 0.399 e. The van der Waals surface area contributed by atoms with Crippen LogP contribution in [0.1, 0.15) is 5.56 Å². The molecule has 5 nitrogen and oxygen atoms in total. The van der Waals surface area contributed by atoms with Crippen molar-refractivity contribution in [3.8, 4) is 0 Å². The van der Waals surface area contributed by atoms with Crippen molar-refractivity contribution in [2.45, 2.75) is 0 Å². The zero-order chi connectivity index (χ0) is 9.68. The Morgan fingerprint density at radius 1 is 1.15 bits per heavy atom. The standard InChI is InChI=1S/C8H11N5/c9-7-3-1-6(2-4-7)5-12-13-8(10)11/h1-5H,9H2,(H4,10,11,13)/b12-5+. The average Bonchev–Trinajstić information content (AvgIpc) is 2.08. The fourth-order valence-electron chi connectivity index (χ4n) is 0.744. The van der Waals surface area contributed by atoms with E-state index in [2.05, 4.69) is 10.2 Å². The summed E-state index contributed by atoms with van der Waals surface area (Å²) in [5.41, 5.74) is 17.2. The Labute approximate surface area is 75.9 Å². The first-order valence-corrected chi connectivity index (χ1v) is 3.66. The number of nitrogens with zero attached hydrogens (tertiary/aromatic N) is 2. The Balaban J connectivity index is 2.70. The molecule has 68 valence electrons. The first kappa shape index (κ1) is 9.05. The Hall–Kier alpha value is -2.04. The lowest BCUT2D eigenvalue weighted by atomic mass is 10.2. The minimum absolute atomic E-state index is 0.0632. The summed E-state index contributed by atoms with van der Waals surface area (Å²) in [6.45, 7) is 0. The maximum atomic E-state index is 5.49. The highest BCUT2D eigenvalue weighted by Crippen LogP contribution is 2.02. The minimum atomic E-state index is -0.0632. The molecule has 0 aliphatic rings. The number of rotatable bonds is 2. The molecule has 0 saturated heterocycles. The van der Waals surface area contributed by atoms with Gasteiger partial charge >= 0.3 is 0 Å². The van der Waals surface area contributed by atoms with E-state index in [9.17, 15) is 0 Å². The van der Waals surface area contributed by atoms with E-state index in [4.69, 9.17) is 17.2 Å². The monoisotopic (exact) mass is 177 g/mol. The van der Waals surface area contributed by atoms with Crippen molar-refractivity contribution in [3.63, 3.8) is 0 Å². The van der Waals surface area contributed by atoms with Crippen molar-refractivity contribution in [1.29, 1.82) is 0 Å². The number of nitrogens with two attached hydrogens (primary N) is 3. The highest BCUT2D eigenvalue weighted by atomic mass is 15.3. The van der Waals surface area contributed by atoms with Gasteiger partial charge in [-0.3, -0.25) is 0 Å². The van der Waals surface area contributed by atoms with Crippen LogP contribution in [0, 0.1) is 0 Å². The maximum Gasteiger partial charge on any atom is 0.211 e. The topological polar surface area (TPSA) is 103 Å². The summed E-state index contributed by atoms with van der Waals surface area (Å²) in [4.78, 5) is 0. The summed E-state index contributed by atoms with van der Waals surface area (Å²) in [5.74, 6) is -0.0632. The molecule has 0 heterocycles. The van der Waals surface area contributed by atoms with Crippen LogP contribution in [0.2, 0.25) is 0 Å². The van der Waals surface area contributed by atoms with Crippen molar-refractivity contribution in [2.24, 2.45) is 21.7 Å². The number of benzene rings is 1. The Morgan fingerprint density at radius 2 is 1.77 bits per heavy atom. The van der Waals surface area contributed by atoms with Crippen LogP contribution in [0.4, 0.5) is 5.69 Å². The summed E-state index contributed by atoms with van der Waals surface area (Å²) in [5, 5.41) is 7.10. The normalized spacial score (nSPS) is 10.2. The average molecular weight is 177 g/mol. The molecule has 0 amide bonds. The van der Waals surface area contributed by atoms with Crippen LogP contribution in [0.15, 0.2) is 34.5 Å². The number of hydrogen-bond donors (Lipinski definition) is 3. The third kappa shape index (κ3) is 3.24. The zero-order valence-corrected chi connectivity index (χ0v) is 7.01. The Bertz CT molecular complexity index is 321. The summed E-state index contributed by atoms with van der Waals surface area (Å²) in [6, 6.07) is 7.19. The van der Waals surface area contributed by atoms with Gasteiger partial charge in [0, 0.05) is 5.69 Å². The second kappa shape index (κ2) is 4.10. The molecule has 13 heavy (non-hydrogen) atoms. The molecule has 0 fully saturated rings. The lowest BCUT2D eigenvalue weighted by Gasteiger charge is -1.92. The number of guanidine groups is 1. The van der Waals surface area contributed by atoms with Gasteiger partial charge in [-0.1, -0.05) is 12.1 Å². The molecule has 5 heteroatoms. The van der Waals surface area contributed by atoms with Gasteiger partial charge in [0.15, 0.2) is 0 Å². The van der Waals surface area contributed by atoms with E-state index in [1.54, 1.807) is 18.3 Å². The SMILES string of the molecule is NC(N)=N/N=C/c1ccc(N)cc1. The molecule has 0 aliphatic carbocycles. The number of hydrogen-bond acceptors (Lipinski definition) is 3. The smallest absolute Gasteiger partial charge is 0.211 e. The van der Waals surface area contributed by atoms with Gasteiger partial charge in [-0.15, -0.1) is 5.10 Å². The van der Waals surface area contributed by atoms with E-state index in [-0.39, 0.29) is 5.96 Å². The summed E-state index contributed by atoms with van der Waals surface area (Å²) in [6.07, 6.45) is 1.54. The molecule has 0 aromatic heterocycles. The Morgan fingerprint density at radius 3 is 2.31 bits per heavy atom. The molecule has 0 aliphatic heterocycles. The van der Waals surface area contributed by atoms with Crippen LogP contribution in [0.3, 0.4) is 0 Å². The minimum Gasteiger partial charge on any atom is -0.399 e. The maximum absolute atomic E-state index is 5.49. The summed E-state index contributed by atoms with van der Waals surface area (Å²) < 4.78 is 0. The molecule has 0 atom stereocenters. The van der Waals surface area contributed by atoms with Crippen molar-refractivity contribution in [1.82, 2.24) is 0 Å². The molecule has 0 spiro atoms. The van der Waals surface area contributed by atoms with Crippen molar-refractivity contribution in [2.75, 3.05) is 5.73 Å². The van der Waals surface area contributed by atoms with Gasteiger partial charge in [-0.2, -0.15) is 5.10 Å². The van der Waals surface area contributed by atoms with Crippen LogP contribution in [0.25, 0.3) is 0 Å². The van der Waals surface area contributed by atoms with Gasteiger partial charge in [-0.05, 0) is 17.7 Å². The Kier molecular flexibility index (Phi) is 2.86. The van der Waals surface area contributed by atoms with E-state index in [1.165, 1.54) is 0 Å². The molecule has 0 radical (unpaired) electrons. The van der Waals surface area contributed by atoms with Crippen LogP contribution >= 0.6 is 0 Å². The van der Waals surface area contributed by atoms with Gasteiger partial charge in [0.25, 0.3) is 0 Å². The van der Waals surface area contributed by atoms with Crippen LogP contribution in [-0.4, -0.2) is 12.2 Å². The lowest BCUT2D eigenvalue weighted by molar-refractivity contribution is 1.21. The van der Waals surface area contributed by atoms with Gasteiger partial charge < -0.3 is 17.2 Å². The predicted octanol–water partition coefficient (Wildman–Crippen LogP) is -0.124. The molecule has 1 aromatic carbocycles. The fraction of sp³-hybridized carbons (Fsp3) is 0. The highest BCUT2D eigenvalue weighted by molar-refractivity contribution is 5.81. The first-order valence-electron chi connectivity index (χ1n) is 3.66. The molecular weight excluding hydrogens is 166 g/mol. The number of anilines is 1. The van der Waals surface area contributed by atoms with E-state index >= 15 is 0 Å². The van der Waals surface area contributed by atoms with E-state index in [0.717, 1.165) is 5.56 Å². The second-order valence-corrected chi connectivity index (χ2v) is 2.44. The molecule has 0 unspecified atom stereocenters. The lowest BCUT2D eigenvalue weighted by Crippen LogP contribution is -2.21. The third-order valence-corrected chi connectivity index (χ3v) is 1.32. The predicted molar refractivity (Wildman–Crippen MR) is 54.3 cm³/mol. The van der Waals surface area contributed by atoms with Crippen molar-refractivity contribution in [3.05, 3.63) is 29.8 Å². The van der Waals surface area contributed by atoms with Crippen LogP contribution in [-0.2, 0) is 0 Å². The second-order valence-electron chi connectivity index (χ2n) is 2.44. The first-order chi connectivity index (χ1) is 6.18. The highest BCUT2D eigenvalue weighted by Gasteiger charge is 1.86. The molecule has 1 rings (SSSR count). The van der Waals surface area contributed by atoms with Crippen molar-refractivity contribution >= 4 is 17.9 Å². The van der Waals surface area contributed by atoms with Gasteiger partial charge in [0.1, 0.15) is 0 Å². The third-order valence-electron chi connectivity index (χ3n) is 1.32. The molecule has 0 saturated carbocycles. The summed E-state index contributed by atoms with van der Waals surface area (Å²) in [7, 11) is 0. The molecular formula is C8H11N5. The molecule has 1 aromatic rings. The summed E-state index contributed by atoms with van der Waals surface area (Å²) >= 11 is 0. The number of nitrogen functional groups attached to an aromatic ring is 1. The van der Waals surface area contributed by atoms with E-state index < -0.39 is 0 Å². The van der Waals surface area contributed by atoms with Gasteiger partial charge in [-0.25, -0.2) is 0 Å². The van der Waals surface area contributed by atoms with Crippen molar-refractivity contribution < 1.29 is 0 Å². The zero-order valence-electron chi connectivity index (χ0n) is 7.01. The van der Waals surface area contributed by atoms with Gasteiger partial charge in [0.2, 0.25) is 5.96 Å². The van der Waals surface area contributed by atoms with Gasteiger partial charge in [0.05, 0.1) is 6.21 Å².